The zero-order chi connectivity index (χ0) is 42.8. The Hall–Kier alpha value is -6.25. The summed E-state index contributed by atoms with van der Waals surface area (Å²) >= 11 is 0. The van der Waals surface area contributed by atoms with Crippen LogP contribution < -0.4 is 10.6 Å². The van der Waals surface area contributed by atoms with E-state index in [2.05, 4.69) is 57.0 Å². The number of methoxy groups -OCH3 is 2. The van der Waals surface area contributed by atoms with Gasteiger partial charge >= 0.3 is 12.2 Å². The lowest BCUT2D eigenvalue weighted by atomic mass is 10.0. The Morgan fingerprint density at radius 1 is 0.650 bits per heavy atom. The lowest BCUT2D eigenvalue weighted by Gasteiger charge is -2.32. The van der Waals surface area contributed by atoms with Gasteiger partial charge in [0.25, 0.3) is 0 Å². The Morgan fingerprint density at radius 3 is 1.65 bits per heavy atom. The fraction of sp³-hybridized carbons (Fsp3) is 0.444. The van der Waals surface area contributed by atoms with Crippen LogP contribution in [0.2, 0.25) is 0 Å². The highest BCUT2D eigenvalue weighted by Crippen LogP contribution is 2.38. The minimum Gasteiger partial charge on any atom is -0.453 e. The summed E-state index contributed by atoms with van der Waals surface area (Å²) in [7, 11) is 2.58. The molecule has 2 aliphatic rings. The van der Waals surface area contributed by atoms with Crippen LogP contribution in [-0.2, 0) is 19.1 Å². The summed E-state index contributed by atoms with van der Waals surface area (Å²) in [5.74, 6) is 0.855. The predicted molar refractivity (Wildman–Crippen MR) is 227 cm³/mol. The second-order valence-corrected chi connectivity index (χ2v) is 16.6. The Labute approximate surface area is 350 Å². The van der Waals surface area contributed by atoms with Gasteiger partial charge in [-0.25, -0.2) is 24.5 Å². The molecule has 0 bridgehead atoms. The highest BCUT2D eigenvalue weighted by molar-refractivity contribution is 5.88. The average molecular weight is 818 g/mol. The number of nitrogens with one attached hydrogen (secondary N) is 4. The van der Waals surface area contributed by atoms with Crippen molar-refractivity contribution in [1.82, 2.24) is 45.4 Å². The van der Waals surface area contributed by atoms with Gasteiger partial charge in [-0.1, -0.05) is 64.1 Å². The Bertz CT molecular complexity index is 2350. The number of hydrogen-bond acceptors (Lipinski definition) is 9. The molecule has 0 saturated carbocycles. The van der Waals surface area contributed by atoms with Crippen LogP contribution in [-0.4, -0.2) is 97.1 Å². The van der Waals surface area contributed by atoms with Crippen LogP contribution in [0.5, 0.6) is 0 Å². The molecule has 7 rings (SSSR count). The van der Waals surface area contributed by atoms with E-state index in [1.54, 1.807) is 6.20 Å². The van der Waals surface area contributed by atoms with Gasteiger partial charge in [-0.3, -0.25) is 9.59 Å². The second kappa shape index (κ2) is 17.5. The van der Waals surface area contributed by atoms with Crippen molar-refractivity contribution < 1.29 is 28.7 Å². The van der Waals surface area contributed by atoms with E-state index in [0.717, 1.165) is 76.2 Å². The van der Waals surface area contributed by atoms with Gasteiger partial charge in [-0.15, -0.1) is 0 Å². The van der Waals surface area contributed by atoms with Crippen molar-refractivity contribution in [1.29, 1.82) is 0 Å². The molecular weight excluding hydrogens is 763 g/mol. The van der Waals surface area contributed by atoms with Crippen molar-refractivity contribution >= 4 is 34.9 Å². The number of rotatable bonds is 11. The number of fused-ring (bicyclic) bond motifs is 1. The van der Waals surface area contributed by atoms with Gasteiger partial charge in [0.1, 0.15) is 23.7 Å². The van der Waals surface area contributed by atoms with Crippen LogP contribution in [0.1, 0.15) is 91.0 Å². The summed E-state index contributed by atoms with van der Waals surface area (Å²) < 4.78 is 9.58. The third-order valence-corrected chi connectivity index (χ3v) is 11.9. The van der Waals surface area contributed by atoms with E-state index in [-0.39, 0.29) is 47.8 Å². The van der Waals surface area contributed by atoms with E-state index in [1.807, 2.05) is 75.7 Å². The van der Waals surface area contributed by atoms with E-state index >= 15 is 0 Å². The molecule has 0 aliphatic carbocycles. The average Bonchev–Trinajstić information content (AvgIpc) is 4.08. The number of imidazole rings is 2. The van der Waals surface area contributed by atoms with Crippen LogP contribution >= 0.6 is 0 Å². The van der Waals surface area contributed by atoms with Gasteiger partial charge in [0.05, 0.1) is 61.3 Å². The number of H-pyrrole nitrogens is 2. The first-order valence-electron chi connectivity index (χ1n) is 20.7. The topological polar surface area (TPSA) is 188 Å². The van der Waals surface area contributed by atoms with Gasteiger partial charge in [-0.2, -0.15) is 0 Å². The number of alkyl carbamates (subject to hydrolysis) is 2. The number of amides is 4. The van der Waals surface area contributed by atoms with Crippen LogP contribution in [0.4, 0.5) is 9.59 Å². The number of aromatic nitrogens is 5. The first-order chi connectivity index (χ1) is 28.8. The maximum atomic E-state index is 13.8. The molecule has 4 N–H and O–H groups in total. The summed E-state index contributed by atoms with van der Waals surface area (Å²) in [4.78, 5) is 76.6. The van der Waals surface area contributed by atoms with E-state index < -0.39 is 24.3 Å². The highest BCUT2D eigenvalue weighted by Gasteiger charge is 2.42. The van der Waals surface area contributed by atoms with Crippen LogP contribution in [0.3, 0.4) is 0 Å². The van der Waals surface area contributed by atoms with Gasteiger partial charge in [0.2, 0.25) is 11.8 Å². The number of likely N-dealkylation sites (tertiary alicyclic amines) is 2. The number of ether oxygens (including phenoxy) is 2. The maximum absolute atomic E-state index is 13.8. The molecule has 5 aromatic rings. The first kappa shape index (κ1) is 41.9. The summed E-state index contributed by atoms with van der Waals surface area (Å²) in [6.07, 6.45) is 5.47. The number of nitrogens with zero attached hydrogens (tertiary/aromatic N) is 5. The molecule has 2 aromatic carbocycles. The molecule has 15 nitrogen and oxygen atoms in total. The van der Waals surface area contributed by atoms with E-state index in [0.29, 0.717) is 5.82 Å². The van der Waals surface area contributed by atoms with Crippen molar-refractivity contribution in [2.24, 2.45) is 11.8 Å². The van der Waals surface area contributed by atoms with Crippen molar-refractivity contribution in [2.75, 3.05) is 14.2 Å². The summed E-state index contributed by atoms with van der Waals surface area (Å²) in [6, 6.07) is 16.5. The molecule has 0 radical (unpaired) electrons. The monoisotopic (exact) mass is 817 g/mol. The SMILES string of the molecule is COC(=O)N[C@H](C(=O)N1C(c2ncc(-c3ccc4cc(-c5ccc(-c6cnc([C@@H]7CC[C@H](C)N7C(=O)[C@@H](NC(=O)OC)C(C)C)[nH]6)cc5)ccc4n3)[nH]2)CC[C@@H]1C)C(C)C. The zero-order valence-electron chi connectivity index (χ0n) is 35.5. The molecule has 316 valence electrons. The number of benzene rings is 2. The van der Waals surface area contributed by atoms with Gasteiger partial charge in [-0.05, 0) is 86.3 Å². The molecule has 0 spiro atoms. The minimum absolute atomic E-state index is 0.00315. The molecule has 2 aliphatic heterocycles. The standard InChI is InChI=1S/C45H55N9O6/c1-24(2)38(51-44(57)59-7)42(55)53-26(5)9-19-36(53)40-46-22-34(49-40)29-13-11-28(12-14-29)30-15-17-32-31(21-30)16-18-33(48-32)35-23-47-41(50-35)37-20-10-27(6)54(37)43(56)39(25(3)4)52-45(58)60-8/h11-18,21-27,36-39H,9-10,19-20H2,1-8H3,(H,46,49)(H,47,50)(H,51,57)(H,52,58)/t26-,27-,36-,37?,38-,39-/m0/s1. The summed E-state index contributed by atoms with van der Waals surface area (Å²) in [5.41, 5.74) is 6.25. The number of carbonyl (C=O) groups excluding carboxylic acids is 4. The quantitative estimate of drug-likeness (QED) is 0.104. The number of carbonyl (C=O) groups is 4. The normalized spacial score (nSPS) is 20.1. The molecule has 4 amide bonds. The van der Waals surface area contributed by atoms with Crippen molar-refractivity contribution in [3.8, 4) is 33.8 Å². The predicted octanol–water partition coefficient (Wildman–Crippen LogP) is 7.55. The van der Waals surface area contributed by atoms with Gasteiger partial charge < -0.3 is 39.9 Å². The van der Waals surface area contributed by atoms with Gasteiger partial charge in [0.15, 0.2) is 0 Å². The first-order valence-corrected chi connectivity index (χ1v) is 20.7. The Morgan fingerprint density at radius 2 is 1.13 bits per heavy atom. The number of aromatic amines is 2. The van der Waals surface area contributed by atoms with Crippen LogP contribution in [0, 0.1) is 11.8 Å². The van der Waals surface area contributed by atoms with Crippen molar-refractivity contribution in [3.05, 3.63) is 78.6 Å². The van der Waals surface area contributed by atoms with Crippen molar-refractivity contribution in [2.45, 2.75) is 103 Å². The minimum atomic E-state index is -0.717. The molecular formula is C45H55N9O6. The second-order valence-electron chi connectivity index (χ2n) is 16.6. The molecule has 6 atom stereocenters. The van der Waals surface area contributed by atoms with E-state index in [1.165, 1.54) is 14.2 Å². The van der Waals surface area contributed by atoms with Crippen LogP contribution in [0.15, 0.2) is 67.0 Å². The largest absolute Gasteiger partial charge is 0.453 e. The van der Waals surface area contributed by atoms with E-state index in [4.69, 9.17) is 24.4 Å². The molecule has 2 fully saturated rings. The number of hydrogen-bond donors (Lipinski definition) is 4. The highest BCUT2D eigenvalue weighted by atomic mass is 16.5. The molecule has 15 heteroatoms. The van der Waals surface area contributed by atoms with E-state index in [9.17, 15) is 19.2 Å². The molecule has 5 heterocycles. The fourth-order valence-corrected chi connectivity index (χ4v) is 8.55. The lowest BCUT2D eigenvalue weighted by Crippen LogP contribution is -2.52. The summed E-state index contributed by atoms with van der Waals surface area (Å²) in [5, 5.41) is 6.42. The summed E-state index contributed by atoms with van der Waals surface area (Å²) in [6.45, 7) is 11.7. The number of pyridine rings is 1. The zero-order valence-corrected chi connectivity index (χ0v) is 35.5. The lowest BCUT2D eigenvalue weighted by molar-refractivity contribution is -0.138. The van der Waals surface area contributed by atoms with Crippen LogP contribution in [0.25, 0.3) is 44.7 Å². The molecule has 60 heavy (non-hydrogen) atoms. The molecule has 2 saturated heterocycles. The fourth-order valence-electron chi connectivity index (χ4n) is 8.55. The molecule has 1 unspecified atom stereocenters. The Kier molecular flexibility index (Phi) is 12.2. The van der Waals surface area contributed by atoms with Gasteiger partial charge in [0, 0.05) is 17.5 Å². The maximum Gasteiger partial charge on any atom is 0.407 e. The molecule has 3 aromatic heterocycles. The third kappa shape index (κ3) is 8.43. The van der Waals surface area contributed by atoms with Crippen molar-refractivity contribution in [3.63, 3.8) is 0 Å². The smallest absolute Gasteiger partial charge is 0.407 e. The third-order valence-electron chi connectivity index (χ3n) is 11.9. The Balaban J connectivity index is 1.04.